The number of fused-ring (bicyclic) bond motifs is 1. The molecule has 29 heavy (non-hydrogen) atoms. The first kappa shape index (κ1) is 20.1. The Balaban J connectivity index is 2.13. The Morgan fingerprint density at radius 1 is 0.966 bits per heavy atom. The summed E-state index contributed by atoms with van der Waals surface area (Å²) in [6.45, 7) is 3.99. The zero-order valence-electron chi connectivity index (χ0n) is 16.5. The van der Waals surface area contributed by atoms with E-state index in [0.29, 0.717) is 27.9 Å². The van der Waals surface area contributed by atoms with Gasteiger partial charge >= 0.3 is 11.9 Å². The predicted molar refractivity (Wildman–Crippen MR) is 110 cm³/mol. The molecule has 1 heterocycles. The van der Waals surface area contributed by atoms with Crippen LogP contribution in [-0.4, -0.2) is 37.2 Å². The van der Waals surface area contributed by atoms with E-state index >= 15 is 0 Å². The second-order valence-corrected chi connectivity index (χ2v) is 6.07. The fourth-order valence-corrected chi connectivity index (χ4v) is 2.85. The molecule has 0 unspecified atom stereocenters. The van der Waals surface area contributed by atoms with Crippen molar-refractivity contribution in [3.8, 4) is 5.75 Å². The van der Waals surface area contributed by atoms with Crippen LogP contribution in [0.25, 0.3) is 10.9 Å². The van der Waals surface area contributed by atoms with E-state index in [4.69, 9.17) is 14.2 Å². The summed E-state index contributed by atoms with van der Waals surface area (Å²) in [5.74, 6) is -0.226. The van der Waals surface area contributed by atoms with E-state index in [0.717, 1.165) is 5.69 Å². The summed E-state index contributed by atoms with van der Waals surface area (Å²) in [5, 5.41) is 3.86. The highest BCUT2D eigenvalue weighted by atomic mass is 16.5. The second-order valence-electron chi connectivity index (χ2n) is 6.07. The SMILES string of the molecule is CCOC(=O)c1ccc2ncc(C(=O)OCC)c(Nc3ccc(OC)cc3)c2c1. The molecule has 0 fully saturated rings. The molecule has 0 aliphatic rings. The Morgan fingerprint density at radius 2 is 1.66 bits per heavy atom. The minimum absolute atomic E-state index is 0.238. The number of rotatable bonds is 7. The van der Waals surface area contributed by atoms with Gasteiger partial charge in [0.15, 0.2) is 0 Å². The van der Waals surface area contributed by atoms with Crippen LogP contribution in [0.15, 0.2) is 48.7 Å². The number of hydrogen-bond donors (Lipinski definition) is 1. The van der Waals surface area contributed by atoms with Crippen LogP contribution in [0.3, 0.4) is 0 Å². The molecule has 0 amide bonds. The highest BCUT2D eigenvalue weighted by molar-refractivity contribution is 6.07. The summed E-state index contributed by atoms with van der Waals surface area (Å²) in [6.07, 6.45) is 1.47. The maximum atomic E-state index is 12.5. The van der Waals surface area contributed by atoms with Crippen LogP contribution in [-0.2, 0) is 9.47 Å². The van der Waals surface area contributed by atoms with Crippen LogP contribution in [0, 0.1) is 0 Å². The molecule has 3 aromatic rings. The Morgan fingerprint density at radius 3 is 2.31 bits per heavy atom. The van der Waals surface area contributed by atoms with Gasteiger partial charge in [-0.25, -0.2) is 9.59 Å². The lowest BCUT2D eigenvalue weighted by molar-refractivity contribution is 0.0518. The highest BCUT2D eigenvalue weighted by Crippen LogP contribution is 2.31. The zero-order valence-corrected chi connectivity index (χ0v) is 16.5. The van der Waals surface area contributed by atoms with Crippen LogP contribution in [0.4, 0.5) is 11.4 Å². The number of carbonyl (C=O) groups excluding carboxylic acids is 2. The number of aromatic nitrogens is 1. The van der Waals surface area contributed by atoms with Gasteiger partial charge in [0.25, 0.3) is 0 Å². The van der Waals surface area contributed by atoms with E-state index in [-0.39, 0.29) is 18.8 Å². The number of esters is 2. The molecule has 0 bridgehead atoms. The van der Waals surface area contributed by atoms with Crippen molar-refractivity contribution in [3.63, 3.8) is 0 Å². The van der Waals surface area contributed by atoms with Gasteiger partial charge in [-0.15, -0.1) is 0 Å². The lowest BCUT2D eigenvalue weighted by Crippen LogP contribution is -2.10. The number of nitrogens with zero attached hydrogens (tertiary/aromatic N) is 1. The first-order valence-corrected chi connectivity index (χ1v) is 9.25. The predicted octanol–water partition coefficient (Wildman–Crippen LogP) is 4.34. The van der Waals surface area contributed by atoms with Crippen molar-refractivity contribution in [2.75, 3.05) is 25.6 Å². The molecule has 0 saturated heterocycles. The van der Waals surface area contributed by atoms with Gasteiger partial charge in [-0.3, -0.25) is 4.98 Å². The zero-order chi connectivity index (χ0) is 20.8. The summed E-state index contributed by atoms with van der Waals surface area (Å²) >= 11 is 0. The topological polar surface area (TPSA) is 86.8 Å². The molecular formula is C22H22N2O5. The van der Waals surface area contributed by atoms with E-state index < -0.39 is 11.9 Å². The lowest BCUT2D eigenvalue weighted by Gasteiger charge is -2.15. The number of nitrogens with one attached hydrogen (secondary N) is 1. The quantitative estimate of drug-likeness (QED) is 0.597. The van der Waals surface area contributed by atoms with Crippen LogP contribution in [0.1, 0.15) is 34.6 Å². The molecule has 150 valence electrons. The lowest BCUT2D eigenvalue weighted by atomic mass is 10.1. The van der Waals surface area contributed by atoms with Gasteiger partial charge in [0.1, 0.15) is 11.3 Å². The van der Waals surface area contributed by atoms with Crippen molar-refractivity contribution in [2.45, 2.75) is 13.8 Å². The first-order valence-electron chi connectivity index (χ1n) is 9.25. The van der Waals surface area contributed by atoms with Gasteiger partial charge < -0.3 is 19.5 Å². The number of anilines is 2. The van der Waals surface area contributed by atoms with Crippen molar-refractivity contribution >= 4 is 34.2 Å². The summed E-state index contributed by atoms with van der Waals surface area (Å²) in [7, 11) is 1.59. The average Bonchev–Trinajstić information content (AvgIpc) is 2.74. The minimum Gasteiger partial charge on any atom is -0.497 e. The van der Waals surface area contributed by atoms with Gasteiger partial charge in [0.2, 0.25) is 0 Å². The number of carbonyl (C=O) groups is 2. The average molecular weight is 394 g/mol. The van der Waals surface area contributed by atoms with Crippen molar-refractivity contribution in [2.24, 2.45) is 0 Å². The molecular weight excluding hydrogens is 372 g/mol. The van der Waals surface area contributed by atoms with E-state index in [9.17, 15) is 9.59 Å². The standard InChI is InChI=1S/C22H22N2O5/c1-4-28-21(25)14-6-11-19-17(12-14)20(18(13-23-19)22(26)29-5-2)24-15-7-9-16(27-3)10-8-15/h6-13H,4-5H2,1-3H3,(H,23,24). The number of hydrogen-bond acceptors (Lipinski definition) is 7. The molecule has 0 aliphatic carbocycles. The summed E-state index contributed by atoms with van der Waals surface area (Å²) in [6, 6.07) is 12.3. The van der Waals surface area contributed by atoms with Crippen LogP contribution in [0.5, 0.6) is 5.75 Å². The number of methoxy groups -OCH3 is 1. The molecule has 3 rings (SSSR count). The number of benzene rings is 2. The van der Waals surface area contributed by atoms with Crippen molar-refractivity contribution in [1.82, 2.24) is 4.98 Å². The normalized spacial score (nSPS) is 10.4. The summed E-state index contributed by atoms with van der Waals surface area (Å²) in [5.41, 5.74) is 2.52. The van der Waals surface area contributed by atoms with Gasteiger partial charge in [0.05, 0.1) is 37.1 Å². The molecule has 0 aliphatic heterocycles. The van der Waals surface area contributed by atoms with Crippen LogP contribution in [0.2, 0.25) is 0 Å². The van der Waals surface area contributed by atoms with E-state index in [1.807, 2.05) is 12.1 Å². The Kier molecular flexibility index (Phi) is 6.29. The van der Waals surface area contributed by atoms with E-state index in [1.54, 1.807) is 51.3 Å². The molecule has 1 aromatic heterocycles. The smallest absolute Gasteiger partial charge is 0.341 e. The Bertz CT molecular complexity index is 1030. The summed E-state index contributed by atoms with van der Waals surface area (Å²) in [4.78, 5) is 29.0. The van der Waals surface area contributed by atoms with Crippen LogP contribution < -0.4 is 10.1 Å². The summed E-state index contributed by atoms with van der Waals surface area (Å²) < 4.78 is 15.5. The minimum atomic E-state index is -0.501. The number of pyridine rings is 1. The Labute approximate surface area is 168 Å². The maximum Gasteiger partial charge on any atom is 0.341 e. The van der Waals surface area contributed by atoms with Crippen molar-refractivity contribution in [3.05, 3.63) is 59.8 Å². The van der Waals surface area contributed by atoms with Crippen molar-refractivity contribution < 1.29 is 23.8 Å². The van der Waals surface area contributed by atoms with E-state index in [2.05, 4.69) is 10.3 Å². The van der Waals surface area contributed by atoms with E-state index in [1.165, 1.54) is 6.20 Å². The van der Waals surface area contributed by atoms with Crippen LogP contribution >= 0.6 is 0 Å². The number of ether oxygens (including phenoxy) is 3. The molecule has 2 aromatic carbocycles. The first-order chi connectivity index (χ1) is 14.1. The molecule has 7 nitrogen and oxygen atoms in total. The van der Waals surface area contributed by atoms with Gasteiger partial charge in [-0.2, -0.15) is 0 Å². The molecule has 0 spiro atoms. The van der Waals surface area contributed by atoms with Crippen molar-refractivity contribution in [1.29, 1.82) is 0 Å². The maximum absolute atomic E-state index is 12.5. The fourth-order valence-electron chi connectivity index (χ4n) is 2.85. The third kappa shape index (κ3) is 4.45. The fraction of sp³-hybridized carbons (Fsp3) is 0.227. The largest absolute Gasteiger partial charge is 0.497 e. The molecule has 7 heteroatoms. The van der Waals surface area contributed by atoms with Gasteiger partial charge in [-0.05, 0) is 56.3 Å². The molecule has 0 saturated carbocycles. The molecule has 1 N–H and O–H groups in total. The van der Waals surface area contributed by atoms with Gasteiger partial charge in [-0.1, -0.05) is 0 Å². The monoisotopic (exact) mass is 394 g/mol. The second kappa shape index (κ2) is 9.05. The Hall–Kier alpha value is -3.61. The third-order valence-electron chi connectivity index (χ3n) is 4.23. The third-order valence-corrected chi connectivity index (χ3v) is 4.23. The molecule has 0 radical (unpaired) electrons. The van der Waals surface area contributed by atoms with Gasteiger partial charge in [0, 0.05) is 17.3 Å². The highest BCUT2D eigenvalue weighted by Gasteiger charge is 2.18. The molecule has 0 atom stereocenters.